The van der Waals surface area contributed by atoms with Crippen LogP contribution in [0.5, 0.6) is 0 Å². The summed E-state index contributed by atoms with van der Waals surface area (Å²) in [6.45, 7) is -2.08. The van der Waals surface area contributed by atoms with Gasteiger partial charge >= 0.3 is 35.1 Å². The minimum Gasteiger partial charge on any atom is -0.390 e. The summed E-state index contributed by atoms with van der Waals surface area (Å²) in [5.74, 6) is -32.4. The van der Waals surface area contributed by atoms with Gasteiger partial charge in [-0.25, -0.2) is 13.1 Å². The Hall–Kier alpha value is -1.08. The van der Waals surface area contributed by atoms with Crippen LogP contribution in [0.3, 0.4) is 0 Å². The van der Waals surface area contributed by atoms with Crippen molar-refractivity contribution in [3.63, 3.8) is 0 Å². The van der Waals surface area contributed by atoms with Crippen LogP contribution < -0.4 is 4.72 Å². The maximum atomic E-state index is 13.6. The lowest BCUT2D eigenvalue weighted by Gasteiger charge is -2.39. The van der Waals surface area contributed by atoms with Crippen molar-refractivity contribution < 1.29 is 70.6 Å². The first-order chi connectivity index (χ1) is 12.8. The molecule has 0 fully saturated rings. The average Bonchev–Trinajstić information content (AvgIpc) is 2.50. The summed E-state index contributed by atoms with van der Waals surface area (Å²) in [7, 11) is -4.64. The molecule has 5 nitrogen and oxygen atoms in total. The molecule has 0 aromatic heterocycles. The van der Waals surface area contributed by atoms with Gasteiger partial charge in [0.15, 0.2) is 0 Å². The van der Waals surface area contributed by atoms with Crippen LogP contribution in [0.1, 0.15) is 0 Å². The second-order valence-electron chi connectivity index (χ2n) is 6.08. The first kappa shape index (κ1) is 28.9. The lowest BCUT2D eigenvalue weighted by Crippen LogP contribution is -2.71. The number of likely N-dealkylation sites (N-methyl/N-ethyl adjacent to an activating group) is 1. The third kappa shape index (κ3) is 4.57. The largest absolute Gasteiger partial charge is 0.460 e. The molecule has 0 aromatic rings. The van der Waals surface area contributed by atoms with Gasteiger partial charge in [0.05, 0.1) is 6.10 Å². The summed E-state index contributed by atoms with van der Waals surface area (Å²) in [6.07, 6.45) is -9.53. The Morgan fingerprint density at radius 2 is 1.13 bits per heavy atom. The minimum absolute atomic E-state index is 0.481. The van der Waals surface area contributed by atoms with E-state index in [1.165, 1.54) is 14.1 Å². The van der Waals surface area contributed by atoms with Crippen molar-refractivity contribution >= 4 is 10.0 Å². The molecule has 0 aliphatic rings. The zero-order chi connectivity index (χ0) is 24.8. The summed E-state index contributed by atoms with van der Waals surface area (Å²) < 4.78 is 191. The van der Waals surface area contributed by atoms with Crippen LogP contribution in [0.4, 0.5) is 57.1 Å². The van der Waals surface area contributed by atoms with Crippen LogP contribution >= 0.6 is 0 Å². The smallest absolute Gasteiger partial charge is 0.390 e. The molecule has 30 heavy (non-hydrogen) atoms. The number of hydrogen-bond donors (Lipinski definition) is 2. The van der Waals surface area contributed by atoms with Gasteiger partial charge in [0.2, 0.25) is 0 Å². The fourth-order valence-electron chi connectivity index (χ4n) is 1.71. The summed E-state index contributed by atoms with van der Waals surface area (Å²) in [4.78, 5) is 1.10. The van der Waals surface area contributed by atoms with E-state index < -0.39 is 64.3 Å². The fraction of sp³-hybridized carbons (Fsp3) is 1.00. The van der Waals surface area contributed by atoms with Crippen LogP contribution in [0.25, 0.3) is 0 Å². The van der Waals surface area contributed by atoms with E-state index in [1.54, 1.807) is 0 Å². The lowest BCUT2D eigenvalue weighted by atomic mass is 9.98. The van der Waals surface area contributed by atoms with Crippen molar-refractivity contribution in [2.45, 2.75) is 41.2 Å². The van der Waals surface area contributed by atoms with Crippen LogP contribution in [0.2, 0.25) is 0 Å². The summed E-state index contributed by atoms with van der Waals surface area (Å²) in [6, 6.07) is 0. The molecule has 0 spiro atoms. The molecule has 19 heteroatoms. The van der Waals surface area contributed by atoms with E-state index in [4.69, 9.17) is 0 Å². The third-order valence-electron chi connectivity index (χ3n) is 3.33. The first-order valence-electron chi connectivity index (χ1n) is 7.09. The van der Waals surface area contributed by atoms with Crippen molar-refractivity contribution in [2.24, 2.45) is 0 Å². The van der Waals surface area contributed by atoms with Crippen LogP contribution in [-0.2, 0) is 10.0 Å². The predicted molar refractivity (Wildman–Crippen MR) is 72.3 cm³/mol. The minimum atomic E-state index is -8.22. The van der Waals surface area contributed by atoms with Gasteiger partial charge in [0.1, 0.15) is 0 Å². The van der Waals surface area contributed by atoms with E-state index in [2.05, 4.69) is 0 Å². The Balaban J connectivity index is 6.18. The maximum Gasteiger partial charge on any atom is 0.460 e. The molecule has 0 aliphatic carbocycles. The number of aliphatic hydroxyl groups excluding tert-OH is 1. The van der Waals surface area contributed by atoms with Crippen LogP contribution in [0, 0.1) is 0 Å². The second kappa shape index (κ2) is 8.12. The molecule has 0 amide bonds. The van der Waals surface area contributed by atoms with Crippen molar-refractivity contribution in [2.75, 3.05) is 27.2 Å². The molecule has 0 rings (SSSR count). The molecule has 0 saturated heterocycles. The van der Waals surface area contributed by atoms with Gasteiger partial charge in [-0.3, -0.25) is 0 Å². The van der Waals surface area contributed by atoms with E-state index in [9.17, 15) is 70.6 Å². The molecule has 2 N–H and O–H groups in total. The normalized spacial score (nSPS) is 16.8. The molecular formula is C11H13F13N2O3S. The molecule has 0 aliphatic heterocycles. The number of sulfonamides is 1. The number of nitrogens with one attached hydrogen (secondary N) is 1. The SMILES string of the molecule is CN(C)CC(O)CNS(=O)(=O)C(F)(F)C(F)(F)C(F)(F)C(F)(F)C(F)(F)C(F)(F)F. The Labute approximate surface area is 159 Å². The van der Waals surface area contributed by atoms with Gasteiger partial charge in [0, 0.05) is 13.1 Å². The van der Waals surface area contributed by atoms with E-state index in [1.807, 2.05) is 0 Å². The molecule has 0 heterocycles. The van der Waals surface area contributed by atoms with Crippen molar-refractivity contribution in [3.8, 4) is 0 Å². The van der Waals surface area contributed by atoms with Crippen molar-refractivity contribution in [1.29, 1.82) is 0 Å². The summed E-state index contributed by atoms with van der Waals surface area (Å²) in [5, 5.41) is 1.92. The van der Waals surface area contributed by atoms with E-state index in [0.717, 1.165) is 4.90 Å². The monoisotopic (exact) mass is 500 g/mol. The molecular weight excluding hydrogens is 487 g/mol. The van der Waals surface area contributed by atoms with Gasteiger partial charge in [0.25, 0.3) is 10.0 Å². The Kier molecular flexibility index (Phi) is 7.83. The quantitative estimate of drug-likeness (QED) is 0.453. The fourth-order valence-corrected chi connectivity index (χ4v) is 2.77. The number of halogens is 13. The Morgan fingerprint density at radius 3 is 1.47 bits per heavy atom. The maximum absolute atomic E-state index is 13.6. The van der Waals surface area contributed by atoms with Crippen LogP contribution in [0.15, 0.2) is 0 Å². The zero-order valence-electron chi connectivity index (χ0n) is 14.5. The number of nitrogens with zero attached hydrogens (tertiary/aromatic N) is 1. The predicted octanol–water partition coefficient (Wildman–Crippen LogP) is 2.52. The number of alkyl halides is 13. The lowest BCUT2D eigenvalue weighted by molar-refractivity contribution is -0.433. The van der Waals surface area contributed by atoms with Crippen LogP contribution in [-0.4, -0.2) is 86.8 Å². The third-order valence-corrected chi connectivity index (χ3v) is 4.81. The molecule has 0 aromatic carbocycles. The summed E-state index contributed by atoms with van der Waals surface area (Å²) >= 11 is 0. The summed E-state index contributed by atoms with van der Waals surface area (Å²) in [5.41, 5.74) is 0. The zero-order valence-corrected chi connectivity index (χ0v) is 15.3. The van der Waals surface area contributed by atoms with E-state index >= 15 is 0 Å². The second-order valence-corrected chi connectivity index (χ2v) is 7.89. The van der Waals surface area contributed by atoms with Gasteiger partial charge in [-0.1, -0.05) is 0 Å². The molecule has 0 saturated carbocycles. The standard InChI is InChI=1S/C11H13F13N2O3S/c1-26(2)4-5(27)3-25-30(28,29)11(23,24)9(18,19)7(14,15)6(12,13)8(16,17)10(20,21)22/h5,25,27H,3-4H2,1-2H3. The van der Waals surface area contributed by atoms with Crippen molar-refractivity contribution in [3.05, 3.63) is 0 Å². The molecule has 1 atom stereocenters. The Bertz CT molecular complexity index is 706. The van der Waals surface area contributed by atoms with Gasteiger partial charge < -0.3 is 10.0 Å². The number of hydrogen-bond acceptors (Lipinski definition) is 4. The highest BCUT2D eigenvalue weighted by atomic mass is 32.2. The molecule has 0 radical (unpaired) electrons. The van der Waals surface area contributed by atoms with E-state index in [-0.39, 0.29) is 0 Å². The molecule has 182 valence electrons. The first-order valence-corrected chi connectivity index (χ1v) is 8.57. The highest BCUT2D eigenvalue weighted by Gasteiger charge is 2.92. The Morgan fingerprint density at radius 1 is 0.767 bits per heavy atom. The number of rotatable bonds is 10. The van der Waals surface area contributed by atoms with Gasteiger partial charge in [-0.2, -0.15) is 57.1 Å². The topological polar surface area (TPSA) is 69.6 Å². The van der Waals surface area contributed by atoms with Crippen molar-refractivity contribution in [1.82, 2.24) is 9.62 Å². The highest BCUT2D eigenvalue weighted by molar-refractivity contribution is 7.90. The molecule has 0 bridgehead atoms. The van der Waals surface area contributed by atoms with Gasteiger partial charge in [-0.05, 0) is 14.1 Å². The molecule has 1 unspecified atom stereocenters. The highest BCUT2D eigenvalue weighted by Crippen LogP contribution is 2.60. The average molecular weight is 500 g/mol. The van der Waals surface area contributed by atoms with Gasteiger partial charge in [-0.15, -0.1) is 0 Å². The number of aliphatic hydroxyl groups is 1. The van der Waals surface area contributed by atoms with E-state index in [0.29, 0.717) is 4.72 Å².